The van der Waals surface area contributed by atoms with E-state index in [0.29, 0.717) is 48.4 Å². The molecular formula is C27H26ClN9O2. The maximum absolute atomic E-state index is 13.1. The van der Waals surface area contributed by atoms with E-state index in [2.05, 4.69) is 41.1 Å². The third kappa shape index (κ3) is 5.68. The minimum atomic E-state index is -0.113. The van der Waals surface area contributed by atoms with Crippen LogP contribution in [-0.2, 0) is 17.6 Å². The van der Waals surface area contributed by atoms with Crippen LogP contribution in [0, 0.1) is 5.92 Å². The van der Waals surface area contributed by atoms with E-state index in [1.54, 1.807) is 23.4 Å². The minimum Gasteiger partial charge on any atom is -0.339 e. The predicted molar refractivity (Wildman–Crippen MR) is 148 cm³/mol. The highest BCUT2D eigenvalue weighted by Crippen LogP contribution is 2.30. The van der Waals surface area contributed by atoms with Crippen LogP contribution in [-0.4, -0.2) is 55.0 Å². The Morgan fingerprint density at radius 1 is 1.08 bits per heavy atom. The van der Waals surface area contributed by atoms with Gasteiger partial charge in [0.15, 0.2) is 5.82 Å². The van der Waals surface area contributed by atoms with E-state index in [4.69, 9.17) is 11.6 Å². The zero-order chi connectivity index (χ0) is 26.8. The Balaban J connectivity index is 1.19. The monoisotopic (exact) mass is 543 g/mol. The zero-order valence-electron chi connectivity index (χ0n) is 20.9. The summed E-state index contributed by atoms with van der Waals surface area (Å²) in [5, 5.41) is 16.6. The van der Waals surface area contributed by atoms with Gasteiger partial charge in [0.05, 0.1) is 18.1 Å². The standard InChI is InChI=1S/C27H26ClN9O2/c28-21-14-30-27-33-20-9-16(12-29-13-20)1-2-18-11-19(32-25(21)35-27)3-4-22(18)34-24(38)10-17-6-8-37(15-17)26(39)23-5-7-31-36-23/h3-5,7,9,11-14,17H,1-2,6,8,10,15H2,(H,31,36)(H,34,38)(H2,30,32,33,35)/t17-/m1/s1. The van der Waals surface area contributed by atoms with Crippen LogP contribution < -0.4 is 16.0 Å². The fourth-order valence-electron chi connectivity index (χ4n) is 4.94. The number of pyridine rings is 1. The molecule has 1 atom stereocenters. The molecular weight excluding hydrogens is 518 g/mol. The Labute approximate surface area is 229 Å². The molecule has 1 saturated heterocycles. The molecule has 4 N–H and O–H groups in total. The molecule has 6 rings (SSSR count). The first kappa shape index (κ1) is 24.8. The number of likely N-dealkylation sites (tertiary alicyclic amines) is 1. The van der Waals surface area contributed by atoms with Gasteiger partial charge in [0.2, 0.25) is 11.9 Å². The molecule has 11 nitrogen and oxygen atoms in total. The highest BCUT2D eigenvalue weighted by atomic mass is 35.5. The van der Waals surface area contributed by atoms with Gasteiger partial charge in [-0.15, -0.1) is 0 Å². The molecule has 3 aromatic heterocycles. The molecule has 198 valence electrons. The summed E-state index contributed by atoms with van der Waals surface area (Å²) in [5.41, 5.74) is 4.72. The SMILES string of the molecule is O=C(C[C@H]1CCN(C(=O)c2cc[nH]n2)C1)Nc1ccc2cc1CCc1cncc(c1)Nc1ncc(Cl)c(n1)N2. The Kier molecular flexibility index (Phi) is 6.80. The molecule has 1 aromatic carbocycles. The number of nitrogens with zero attached hydrogens (tertiary/aromatic N) is 5. The molecule has 0 radical (unpaired) electrons. The van der Waals surface area contributed by atoms with Crippen molar-refractivity contribution in [1.29, 1.82) is 0 Å². The number of nitrogens with one attached hydrogen (secondary N) is 4. The first-order valence-electron chi connectivity index (χ1n) is 12.7. The smallest absolute Gasteiger partial charge is 0.274 e. The van der Waals surface area contributed by atoms with Gasteiger partial charge in [-0.3, -0.25) is 19.7 Å². The molecule has 2 aliphatic rings. The summed E-state index contributed by atoms with van der Waals surface area (Å²) in [5.74, 6) is 0.772. The summed E-state index contributed by atoms with van der Waals surface area (Å²) >= 11 is 6.36. The summed E-state index contributed by atoms with van der Waals surface area (Å²) in [6.45, 7) is 1.15. The summed E-state index contributed by atoms with van der Waals surface area (Å²) in [7, 11) is 0. The van der Waals surface area contributed by atoms with Crippen molar-refractivity contribution in [3.8, 4) is 0 Å². The highest BCUT2D eigenvalue weighted by Gasteiger charge is 2.29. The van der Waals surface area contributed by atoms with Gasteiger partial charge in [-0.25, -0.2) is 4.98 Å². The quantitative estimate of drug-likeness (QED) is 0.298. The maximum atomic E-state index is 13.1. The average molecular weight is 544 g/mol. The normalized spacial score (nSPS) is 16.2. The van der Waals surface area contributed by atoms with Crippen LogP contribution in [0.15, 0.2) is 55.1 Å². The first-order valence-corrected chi connectivity index (χ1v) is 13.1. The van der Waals surface area contributed by atoms with Gasteiger partial charge in [-0.05, 0) is 66.6 Å². The van der Waals surface area contributed by atoms with Crippen LogP contribution in [0.25, 0.3) is 0 Å². The Bertz CT molecular complexity index is 1530. The fourth-order valence-corrected chi connectivity index (χ4v) is 5.08. The molecule has 5 heterocycles. The summed E-state index contributed by atoms with van der Waals surface area (Å²) in [4.78, 5) is 40.5. The van der Waals surface area contributed by atoms with Crippen molar-refractivity contribution in [2.45, 2.75) is 25.7 Å². The van der Waals surface area contributed by atoms with Crippen molar-refractivity contribution in [2.24, 2.45) is 5.92 Å². The van der Waals surface area contributed by atoms with Crippen LogP contribution >= 0.6 is 11.6 Å². The highest BCUT2D eigenvalue weighted by molar-refractivity contribution is 6.32. The van der Waals surface area contributed by atoms with Crippen LogP contribution in [0.3, 0.4) is 0 Å². The van der Waals surface area contributed by atoms with Crippen LogP contribution in [0.2, 0.25) is 5.02 Å². The van der Waals surface area contributed by atoms with Crippen molar-refractivity contribution < 1.29 is 9.59 Å². The second kappa shape index (κ2) is 10.7. The van der Waals surface area contributed by atoms with Crippen LogP contribution in [0.5, 0.6) is 0 Å². The van der Waals surface area contributed by atoms with Crippen molar-refractivity contribution in [3.63, 3.8) is 0 Å². The number of rotatable bonds is 4. The van der Waals surface area contributed by atoms with E-state index in [-0.39, 0.29) is 17.7 Å². The van der Waals surface area contributed by atoms with E-state index in [0.717, 1.165) is 41.0 Å². The number of aromatic amines is 1. The van der Waals surface area contributed by atoms with Gasteiger partial charge >= 0.3 is 0 Å². The van der Waals surface area contributed by atoms with Crippen molar-refractivity contribution in [3.05, 3.63) is 77.0 Å². The Hall–Kier alpha value is -4.51. The van der Waals surface area contributed by atoms with E-state index in [9.17, 15) is 9.59 Å². The lowest BCUT2D eigenvalue weighted by molar-refractivity contribution is -0.117. The lowest BCUT2D eigenvalue weighted by atomic mass is 10.0. The molecule has 4 aromatic rings. The number of amides is 2. The van der Waals surface area contributed by atoms with Gasteiger partial charge in [0.25, 0.3) is 5.91 Å². The number of anilines is 5. The number of H-pyrrole nitrogens is 1. The molecule has 12 heteroatoms. The maximum Gasteiger partial charge on any atom is 0.274 e. The summed E-state index contributed by atoms with van der Waals surface area (Å²) in [6.07, 6.45) is 9.23. The number of carbonyl (C=O) groups is 2. The number of aryl methyl sites for hydroxylation is 2. The van der Waals surface area contributed by atoms with Crippen LogP contribution in [0.1, 0.15) is 34.5 Å². The number of benzene rings is 1. The van der Waals surface area contributed by atoms with Crippen LogP contribution in [0.4, 0.5) is 28.8 Å². The topological polar surface area (TPSA) is 141 Å². The number of hydrogen-bond acceptors (Lipinski definition) is 8. The van der Waals surface area contributed by atoms with E-state index in [1.807, 2.05) is 30.5 Å². The number of aromatic nitrogens is 5. The number of halogens is 1. The van der Waals surface area contributed by atoms with E-state index in [1.165, 1.54) is 6.20 Å². The van der Waals surface area contributed by atoms with Gasteiger partial charge in [-0.1, -0.05) is 11.6 Å². The third-order valence-electron chi connectivity index (χ3n) is 6.89. The van der Waals surface area contributed by atoms with E-state index >= 15 is 0 Å². The number of fused-ring (bicyclic) bond motifs is 6. The minimum absolute atomic E-state index is 0.0784. The fraction of sp³-hybridized carbons (Fsp3) is 0.259. The lowest BCUT2D eigenvalue weighted by Crippen LogP contribution is -2.29. The summed E-state index contributed by atoms with van der Waals surface area (Å²) < 4.78 is 0. The zero-order valence-corrected chi connectivity index (χ0v) is 21.7. The third-order valence-corrected chi connectivity index (χ3v) is 7.16. The molecule has 0 aliphatic carbocycles. The van der Waals surface area contributed by atoms with Crippen molar-refractivity contribution in [1.82, 2.24) is 30.0 Å². The molecule has 1 fully saturated rings. The second-order valence-electron chi connectivity index (χ2n) is 9.71. The average Bonchev–Trinajstić information content (AvgIpc) is 3.63. The van der Waals surface area contributed by atoms with Crippen molar-refractivity contribution >= 4 is 52.2 Å². The molecule has 6 bridgehead atoms. The predicted octanol–water partition coefficient (Wildman–Crippen LogP) is 4.32. The Morgan fingerprint density at radius 2 is 2.00 bits per heavy atom. The van der Waals surface area contributed by atoms with E-state index < -0.39 is 0 Å². The van der Waals surface area contributed by atoms with Gasteiger partial charge in [-0.2, -0.15) is 10.1 Å². The summed E-state index contributed by atoms with van der Waals surface area (Å²) in [6, 6.07) is 9.43. The molecule has 0 spiro atoms. The molecule has 0 unspecified atom stereocenters. The van der Waals surface area contributed by atoms with Crippen molar-refractivity contribution in [2.75, 3.05) is 29.0 Å². The number of hydrogen-bond donors (Lipinski definition) is 4. The number of carbonyl (C=O) groups excluding carboxylic acids is 2. The van der Waals surface area contributed by atoms with Gasteiger partial charge < -0.3 is 20.9 Å². The second-order valence-corrected chi connectivity index (χ2v) is 10.1. The van der Waals surface area contributed by atoms with Gasteiger partial charge in [0.1, 0.15) is 10.7 Å². The van der Waals surface area contributed by atoms with Gasteiger partial charge in [0, 0.05) is 43.3 Å². The molecule has 39 heavy (non-hydrogen) atoms. The molecule has 2 aliphatic heterocycles. The Morgan fingerprint density at radius 3 is 2.87 bits per heavy atom. The molecule has 2 amide bonds. The molecule has 0 saturated carbocycles. The lowest BCUT2D eigenvalue weighted by Gasteiger charge is -2.17. The first-order chi connectivity index (χ1) is 19.0. The largest absolute Gasteiger partial charge is 0.339 e.